The minimum atomic E-state index is -0.182. The van der Waals surface area contributed by atoms with Crippen LogP contribution in [0.4, 0.5) is 5.13 Å². The highest BCUT2D eigenvalue weighted by molar-refractivity contribution is 7.19. The summed E-state index contributed by atoms with van der Waals surface area (Å²) in [5.74, 6) is 0. The van der Waals surface area contributed by atoms with E-state index in [1.54, 1.807) is 13.3 Å². The first-order valence-electron chi connectivity index (χ1n) is 3.94. The van der Waals surface area contributed by atoms with Gasteiger partial charge in [-0.05, 0) is 13.8 Å². The topological polar surface area (TPSA) is 34.1 Å². The molecule has 1 rings (SSSR count). The molecule has 0 amide bonds. The van der Waals surface area contributed by atoms with E-state index in [-0.39, 0.29) is 5.60 Å². The van der Waals surface area contributed by atoms with Crippen LogP contribution in [0.5, 0.6) is 0 Å². The van der Waals surface area contributed by atoms with Gasteiger partial charge in [-0.1, -0.05) is 22.9 Å². The first-order valence-corrected chi connectivity index (χ1v) is 5.13. The third-order valence-electron chi connectivity index (χ3n) is 1.70. The Hall–Kier alpha value is -0.320. The molecule has 13 heavy (non-hydrogen) atoms. The summed E-state index contributed by atoms with van der Waals surface area (Å²) < 4.78 is 5.94. The van der Waals surface area contributed by atoms with Crippen molar-refractivity contribution in [1.82, 2.24) is 4.98 Å². The van der Waals surface area contributed by atoms with Gasteiger partial charge in [0.25, 0.3) is 0 Å². The maximum absolute atomic E-state index is 5.73. The molecule has 0 aliphatic carbocycles. The molecule has 3 nitrogen and oxygen atoms in total. The van der Waals surface area contributed by atoms with Crippen molar-refractivity contribution in [1.29, 1.82) is 0 Å². The van der Waals surface area contributed by atoms with Crippen molar-refractivity contribution < 1.29 is 4.74 Å². The Morgan fingerprint density at radius 3 is 2.85 bits per heavy atom. The van der Waals surface area contributed by atoms with E-state index in [0.717, 1.165) is 5.13 Å². The third kappa shape index (κ3) is 3.50. The lowest BCUT2D eigenvalue weighted by Gasteiger charge is -2.22. The summed E-state index contributed by atoms with van der Waals surface area (Å²) in [6.07, 6.45) is 1.63. The average Bonchev–Trinajstić information content (AvgIpc) is 2.48. The molecular weight excluding hydrogens is 208 g/mol. The minimum absolute atomic E-state index is 0.182. The van der Waals surface area contributed by atoms with E-state index in [1.165, 1.54) is 11.3 Å². The highest BCUT2D eigenvalue weighted by atomic mass is 35.5. The van der Waals surface area contributed by atoms with Crippen molar-refractivity contribution in [3.8, 4) is 0 Å². The van der Waals surface area contributed by atoms with Crippen LogP contribution in [-0.2, 0) is 4.74 Å². The number of hydrogen-bond donors (Lipinski definition) is 1. The lowest BCUT2D eigenvalue weighted by Crippen LogP contribution is -2.31. The number of nitrogens with zero attached hydrogens (tertiary/aromatic N) is 1. The maximum Gasteiger partial charge on any atom is 0.184 e. The van der Waals surface area contributed by atoms with Crippen molar-refractivity contribution in [2.45, 2.75) is 19.4 Å². The minimum Gasteiger partial charge on any atom is -0.377 e. The molecule has 5 heteroatoms. The van der Waals surface area contributed by atoms with Gasteiger partial charge in [0.1, 0.15) is 4.34 Å². The molecule has 0 unspecified atom stereocenters. The van der Waals surface area contributed by atoms with E-state index in [9.17, 15) is 0 Å². The summed E-state index contributed by atoms with van der Waals surface area (Å²) in [6, 6.07) is 0. The second-order valence-corrected chi connectivity index (χ2v) is 4.95. The molecule has 0 aromatic carbocycles. The molecule has 1 heterocycles. The van der Waals surface area contributed by atoms with E-state index < -0.39 is 0 Å². The second kappa shape index (κ2) is 4.26. The largest absolute Gasteiger partial charge is 0.377 e. The summed E-state index contributed by atoms with van der Waals surface area (Å²) in [5, 5.41) is 3.98. The van der Waals surface area contributed by atoms with Crippen LogP contribution in [0.15, 0.2) is 6.20 Å². The first-order chi connectivity index (χ1) is 6.03. The van der Waals surface area contributed by atoms with Gasteiger partial charge >= 0.3 is 0 Å². The van der Waals surface area contributed by atoms with Crippen LogP contribution in [0.25, 0.3) is 0 Å². The van der Waals surface area contributed by atoms with E-state index in [2.05, 4.69) is 10.3 Å². The van der Waals surface area contributed by atoms with Crippen LogP contribution in [-0.4, -0.2) is 24.2 Å². The Labute approximate surface area is 87.1 Å². The van der Waals surface area contributed by atoms with Crippen LogP contribution in [0, 0.1) is 0 Å². The van der Waals surface area contributed by atoms with Crippen LogP contribution < -0.4 is 5.32 Å². The molecule has 1 aromatic rings. The lowest BCUT2D eigenvalue weighted by molar-refractivity contribution is 0.0344. The fourth-order valence-corrected chi connectivity index (χ4v) is 1.50. The summed E-state index contributed by atoms with van der Waals surface area (Å²) in [6.45, 7) is 4.73. The van der Waals surface area contributed by atoms with Gasteiger partial charge in [-0.15, -0.1) is 0 Å². The number of thiazole rings is 1. The van der Waals surface area contributed by atoms with Crippen molar-refractivity contribution in [2.24, 2.45) is 0 Å². The Morgan fingerprint density at radius 2 is 2.38 bits per heavy atom. The number of ether oxygens (including phenoxy) is 1. The van der Waals surface area contributed by atoms with Gasteiger partial charge in [-0.2, -0.15) is 0 Å². The van der Waals surface area contributed by atoms with Crippen molar-refractivity contribution in [3.05, 3.63) is 10.5 Å². The molecule has 0 atom stereocenters. The van der Waals surface area contributed by atoms with Crippen LogP contribution in [0.2, 0.25) is 4.34 Å². The molecule has 1 aromatic heterocycles. The molecule has 0 aliphatic rings. The number of anilines is 1. The standard InChI is InChI=1S/C8H13ClN2OS/c1-8(2,12-3)5-11-7-10-4-6(9)13-7/h4H,5H2,1-3H3,(H,10,11). The van der Waals surface area contributed by atoms with E-state index in [0.29, 0.717) is 10.9 Å². The summed E-state index contributed by atoms with van der Waals surface area (Å²) in [7, 11) is 1.69. The van der Waals surface area contributed by atoms with Crippen molar-refractivity contribution >= 4 is 28.1 Å². The zero-order chi connectivity index (χ0) is 9.90. The number of aromatic nitrogens is 1. The number of rotatable bonds is 4. The Balaban J connectivity index is 2.43. The molecule has 0 bridgehead atoms. The number of hydrogen-bond acceptors (Lipinski definition) is 4. The normalized spacial score (nSPS) is 11.7. The van der Waals surface area contributed by atoms with Gasteiger partial charge < -0.3 is 10.1 Å². The SMILES string of the molecule is COC(C)(C)CNc1ncc(Cl)s1. The molecule has 74 valence electrons. The van der Waals surface area contributed by atoms with Crippen LogP contribution in [0.1, 0.15) is 13.8 Å². The molecule has 0 fully saturated rings. The zero-order valence-electron chi connectivity index (χ0n) is 7.93. The fourth-order valence-electron chi connectivity index (χ4n) is 0.697. The van der Waals surface area contributed by atoms with Crippen LogP contribution >= 0.6 is 22.9 Å². The Morgan fingerprint density at radius 1 is 1.69 bits per heavy atom. The van der Waals surface area contributed by atoms with E-state index in [1.807, 2.05) is 13.8 Å². The highest BCUT2D eigenvalue weighted by Gasteiger charge is 2.16. The molecule has 0 saturated heterocycles. The maximum atomic E-state index is 5.73. The van der Waals surface area contributed by atoms with E-state index >= 15 is 0 Å². The van der Waals surface area contributed by atoms with Gasteiger partial charge in [0, 0.05) is 13.7 Å². The van der Waals surface area contributed by atoms with Crippen molar-refractivity contribution in [2.75, 3.05) is 19.0 Å². The predicted octanol–water partition coefficient (Wildman–Crippen LogP) is 2.63. The number of nitrogens with one attached hydrogen (secondary N) is 1. The molecule has 0 saturated carbocycles. The predicted molar refractivity (Wildman–Crippen MR) is 56.7 cm³/mol. The zero-order valence-corrected chi connectivity index (χ0v) is 9.50. The van der Waals surface area contributed by atoms with E-state index in [4.69, 9.17) is 16.3 Å². The Kier molecular flexibility index (Phi) is 3.53. The van der Waals surface area contributed by atoms with Gasteiger partial charge in [0.05, 0.1) is 11.8 Å². The highest BCUT2D eigenvalue weighted by Crippen LogP contribution is 2.23. The molecule has 1 N–H and O–H groups in total. The molecule has 0 spiro atoms. The number of methoxy groups -OCH3 is 1. The monoisotopic (exact) mass is 220 g/mol. The van der Waals surface area contributed by atoms with Crippen molar-refractivity contribution in [3.63, 3.8) is 0 Å². The first kappa shape index (κ1) is 10.8. The van der Waals surface area contributed by atoms with Gasteiger partial charge in [-0.25, -0.2) is 4.98 Å². The lowest BCUT2D eigenvalue weighted by atomic mass is 10.1. The van der Waals surface area contributed by atoms with Gasteiger partial charge in [0.15, 0.2) is 5.13 Å². The summed E-state index contributed by atoms with van der Waals surface area (Å²) in [5.41, 5.74) is -0.182. The molecular formula is C8H13ClN2OS. The average molecular weight is 221 g/mol. The summed E-state index contributed by atoms with van der Waals surface area (Å²) in [4.78, 5) is 4.07. The third-order valence-corrected chi connectivity index (χ3v) is 2.77. The van der Waals surface area contributed by atoms with Gasteiger partial charge in [-0.3, -0.25) is 0 Å². The number of halogens is 1. The molecule has 0 aliphatic heterocycles. The van der Waals surface area contributed by atoms with Gasteiger partial charge in [0.2, 0.25) is 0 Å². The second-order valence-electron chi connectivity index (χ2n) is 3.29. The summed E-state index contributed by atoms with van der Waals surface area (Å²) >= 11 is 7.16. The van der Waals surface area contributed by atoms with Crippen LogP contribution in [0.3, 0.4) is 0 Å². The smallest absolute Gasteiger partial charge is 0.184 e. The fraction of sp³-hybridized carbons (Fsp3) is 0.625. The quantitative estimate of drug-likeness (QED) is 0.847. The molecule has 0 radical (unpaired) electrons. The Bertz CT molecular complexity index is 275.